The summed E-state index contributed by atoms with van der Waals surface area (Å²) in [6.07, 6.45) is 1.36. The Morgan fingerprint density at radius 1 is 1.32 bits per heavy atom. The van der Waals surface area contributed by atoms with Gasteiger partial charge in [0.05, 0.1) is 25.1 Å². The molecule has 22 heavy (non-hydrogen) atoms. The molecular formula is C15H24N2O4S. The minimum atomic E-state index is -3.44. The van der Waals surface area contributed by atoms with Gasteiger partial charge in [0.15, 0.2) is 0 Å². The van der Waals surface area contributed by atoms with E-state index >= 15 is 0 Å². The monoisotopic (exact) mass is 328 g/mol. The van der Waals surface area contributed by atoms with Crippen LogP contribution in [0.25, 0.3) is 0 Å². The first-order chi connectivity index (χ1) is 10.3. The van der Waals surface area contributed by atoms with Gasteiger partial charge in [0.1, 0.15) is 0 Å². The lowest BCUT2D eigenvalue weighted by molar-refractivity contribution is 0.152. The summed E-state index contributed by atoms with van der Waals surface area (Å²) >= 11 is 0. The van der Waals surface area contributed by atoms with Crippen molar-refractivity contribution in [2.24, 2.45) is 0 Å². The molecule has 0 bridgehead atoms. The molecule has 0 saturated carbocycles. The number of carbonyl (C=O) groups excluding carboxylic acids is 1. The molecular weight excluding hydrogens is 304 g/mol. The minimum absolute atomic E-state index is 0.162. The van der Waals surface area contributed by atoms with Crippen molar-refractivity contribution < 1.29 is 17.9 Å². The molecule has 1 aromatic rings. The summed E-state index contributed by atoms with van der Waals surface area (Å²) < 4.78 is 30.4. The summed E-state index contributed by atoms with van der Waals surface area (Å²) in [5.74, 6) is 0. The van der Waals surface area contributed by atoms with Gasteiger partial charge in [-0.2, -0.15) is 0 Å². The number of amides is 1. The second-order valence-electron chi connectivity index (χ2n) is 4.92. The molecule has 7 heteroatoms. The smallest absolute Gasteiger partial charge is 0.407 e. The molecule has 1 N–H and O–H groups in total. The molecule has 0 atom stereocenters. The summed E-state index contributed by atoms with van der Waals surface area (Å²) in [5, 5.41) is 2.55. The number of nitrogens with one attached hydrogen (secondary N) is 1. The minimum Gasteiger partial charge on any atom is -0.450 e. The maximum absolute atomic E-state index is 12.1. The number of sulfonamides is 1. The number of carbonyl (C=O) groups is 1. The van der Waals surface area contributed by atoms with Crippen LogP contribution in [-0.4, -0.2) is 40.5 Å². The van der Waals surface area contributed by atoms with Crippen molar-refractivity contribution in [2.75, 3.05) is 30.3 Å². The first kappa shape index (κ1) is 18.3. The fourth-order valence-corrected chi connectivity index (χ4v) is 3.26. The number of aryl methyl sites for hydroxylation is 2. The van der Waals surface area contributed by atoms with Crippen LogP contribution in [0.4, 0.5) is 10.5 Å². The first-order valence-electron chi connectivity index (χ1n) is 7.28. The van der Waals surface area contributed by atoms with Gasteiger partial charge in [-0.15, -0.1) is 0 Å². The molecule has 1 amide bonds. The lowest BCUT2D eigenvalue weighted by Crippen LogP contribution is -2.39. The van der Waals surface area contributed by atoms with E-state index in [1.807, 2.05) is 32.0 Å². The summed E-state index contributed by atoms with van der Waals surface area (Å²) in [7, 11) is -3.44. The molecule has 0 radical (unpaired) electrons. The van der Waals surface area contributed by atoms with Crippen LogP contribution in [-0.2, 0) is 21.2 Å². The maximum atomic E-state index is 12.1. The zero-order valence-electron chi connectivity index (χ0n) is 13.5. The number of nitrogens with zero attached hydrogens (tertiary/aromatic N) is 1. The number of anilines is 1. The molecule has 0 fully saturated rings. The highest BCUT2D eigenvalue weighted by Crippen LogP contribution is 2.27. The quantitative estimate of drug-likeness (QED) is 0.831. The molecule has 0 saturated heterocycles. The van der Waals surface area contributed by atoms with Crippen LogP contribution in [0.3, 0.4) is 0 Å². The number of rotatable bonds is 7. The lowest BCUT2D eigenvalue weighted by atomic mass is 10.1. The van der Waals surface area contributed by atoms with Gasteiger partial charge in [0.25, 0.3) is 0 Å². The highest BCUT2D eigenvalue weighted by atomic mass is 32.2. The van der Waals surface area contributed by atoms with Gasteiger partial charge in [-0.25, -0.2) is 13.2 Å². The Morgan fingerprint density at radius 2 is 2.00 bits per heavy atom. The van der Waals surface area contributed by atoms with Crippen molar-refractivity contribution in [1.29, 1.82) is 0 Å². The molecule has 124 valence electrons. The van der Waals surface area contributed by atoms with Crippen molar-refractivity contribution in [3.05, 3.63) is 29.3 Å². The number of hydrogen-bond donors (Lipinski definition) is 1. The Hall–Kier alpha value is -1.76. The number of ether oxygens (including phenoxy) is 1. The van der Waals surface area contributed by atoms with Crippen molar-refractivity contribution in [1.82, 2.24) is 5.32 Å². The molecule has 0 aromatic heterocycles. The van der Waals surface area contributed by atoms with Gasteiger partial charge in [-0.1, -0.05) is 25.1 Å². The molecule has 1 rings (SSSR count). The van der Waals surface area contributed by atoms with Crippen LogP contribution in [0.2, 0.25) is 0 Å². The third kappa shape index (κ3) is 4.91. The van der Waals surface area contributed by atoms with E-state index in [0.717, 1.165) is 17.5 Å². The fourth-order valence-electron chi connectivity index (χ4n) is 2.25. The van der Waals surface area contributed by atoms with Crippen LogP contribution in [0.5, 0.6) is 0 Å². The molecule has 6 nitrogen and oxygen atoms in total. The highest BCUT2D eigenvalue weighted by Gasteiger charge is 2.21. The fraction of sp³-hybridized carbons (Fsp3) is 0.533. The van der Waals surface area contributed by atoms with Crippen LogP contribution < -0.4 is 9.62 Å². The normalized spacial score (nSPS) is 11.1. The van der Waals surface area contributed by atoms with E-state index in [2.05, 4.69) is 5.32 Å². The number of alkyl carbamates (subject to hydrolysis) is 1. The van der Waals surface area contributed by atoms with Gasteiger partial charge in [-0.3, -0.25) is 4.31 Å². The molecule has 0 spiro atoms. The van der Waals surface area contributed by atoms with Crippen molar-refractivity contribution in [3.8, 4) is 0 Å². The van der Waals surface area contributed by atoms with E-state index in [1.54, 1.807) is 6.92 Å². The Bertz CT molecular complexity index is 614. The Kier molecular flexibility index (Phi) is 6.67. The zero-order chi connectivity index (χ0) is 16.8. The number of para-hydroxylation sites is 1. The van der Waals surface area contributed by atoms with E-state index in [4.69, 9.17) is 4.74 Å². The van der Waals surface area contributed by atoms with E-state index in [-0.39, 0.29) is 19.7 Å². The average Bonchev–Trinajstić information content (AvgIpc) is 2.43. The van der Waals surface area contributed by atoms with Crippen LogP contribution in [0.15, 0.2) is 18.2 Å². The number of benzene rings is 1. The summed E-state index contributed by atoms with van der Waals surface area (Å²) in [6.45, 7) is 6.20. The topological polar surface area (TPSA) is 75.7 Å². The van der Waals surface area contributed by atoms with Crippen LogP contribution >= 0.6 is 0 Å². The van der Waals surface area contributed by atoms with Gasteiger partial charge in [0, 0.05) is 6.54 Å². The molecule has 0 aliphatic carbocycles. The Labute approximate surface area is 132 Å². The zero-order valence-corrected chi connectivity index (χ0v) is 14.4. The van der Waals surface area contributed by atoms with Gasteiger partial charge in [0.2, 0.25) is 10.0 Å². The summed E-state index contributed by atoms with van der Waals surface area (Å²) in [5.41, 5.74) is 2.54. The number of hydrogen-bond acceptors (Lipinski definition) is 4. The van der Waals surface area contributed by atoms with E-state index < -0.39 is 16.1 Å². The first-order valence-corrected chi connectivity index (χ1v) is 9.12. The van der Waals surface area contributed by atoms with Crippen molar-refractivity contribution in [2.45, 2.75) is 27.2 Å². The van der Waals surface area contributed by atoms with E-state index in [1.165, 1.54) is 10.6 Å². The Morgan fingerprint density at radius 3 is 2.55 bits per heavy atom. The van der Waals surface area contributed by atoms with Gasteiger partial charge >= 0.3 is 6.09 Å². The third-order valence-corrected chi connectivity index (χ3v) is 4.38. The largest absolute Gasteiger partial charge is 0.450 e. The second-order valence-corrected chi connectivity index (χ2v) is 6.83. The molecule has 0 aliphatic heterocycles. The second kappa shape index (κ2) is 8.03. The summed E-state index contributed by atoms with van der Waals surface area (Å²) in [6, 6.07) is 5.71. The molecule has 0 unspecified atom stereocenters. The van der Waals surface area contributed by atoms with E-state index in [0.29, 0.717) is 5.69 Å². The third-order valence-electron chi connectivity index (χ3n) is 3.21. The molecule has 1 aromatic carbocycles. The highest BCUT2D eigenvalue weighted by molar-refractivity contribution is 7.92. The van der Waals surface area contributed by atoms with Gasteiger partial charge < -0.3 is 10.1 Å². The standard InChI is InChI=1S/C15H24N2O4S/c1-5-13-9-7-8-12(3)14(13)17(22(4,19)20)11-10-16-15(18)21-6-2/h7-9H,5-6,10-11H2,1-4H3,(H,16,18). The van der Waals surface area contributed by atoms with Crippen molar-refractivity contribution >= 4 is 21.8 Å². The maximum Gasteiger partial charge on any atom is 0.407 e. The van der Waals surface area contributed by atoms with Gasteiger partial charge in [-0.05, 0) is 31.4 Å². The lowest BCUT2D eigenvalue weighted by Gasteiger charge is -2.26. The Balaban J connectivity index is 2.99. The van der Waals surface area contributed by atoms with Crippen LogP contribution in [0.1, 0.15) is 25.0 Å². The van der Waals surface area contributed by atoms with Crippen molar-refractivity contribution in [3.63, 3.8) is 0 Å². The van der Waals surface area contributed by atoms with E-state index in [9.17, 15) is 13.2 Å². The average molecular weight is 328 g/mol. The molecule has 0 heterocycles. The molecule has 0 aliphatic rings. The predicted octanol–water partition coefficient (Wildman–Crippen LogP) is 2.07. The SMILES string of the molecule is CCOC(=O)NCCN(c1c(C)cccc1CC)S(C)(=O)=O. The predicted molar refractivity (Wildman–Crippen MR) is 87.8 cm³/mol. The summed E-state index contributed by atoms with van der Waals surface area (Å²) in [4.78, 5) is 11.3. The van der Waals surface area contributed by atoms with Crippen LogP contribution in [0, 0.1) is 6.92 Å².